The Kier molecular flexibility index (Phi) is 1.94. The minimum absolute atomic E-state index is 0.147. The van der Waals surface area contributed by atoms with Gasteiger partial charge >= 0.3 is 0 Å². The number of nitrogens with one attached hydrogen (secondary N) is 1. The second kappa shape index (κ2) is 2.98. The van der Waals surface area contributed by atoms with E-state index in [1.54, 1.807) is 0 Å². The summed E-state index contributed by atoms with van der Waals surface area (Å²) in [4.78, 5) is 22.3. The number of rotatable bonds is 2. The van der Waals surface area contributed by atoms with Crippen molar-refractivity contribution in [2.45, 2.75) is 32.6 Å². The second-order valence-corrected chi connectivity index (χ2v) is 3.69. The number of amides is 2. The number of imide groups is 1. The lowest BCUT2D eigenvalue weighted by Gasteiger charge is -2.04. The summed E-state index contributed by atoms with van der Waals surface area (Å²) in [6, 6.07) is 0. The molecule has 13 heavy (non-hydrogen) atoms. The third-order valence-electron chi connectivity index (χ3n) is 2.70. The van der Waals surface area contributed by atoms with Crippen LogP contribution in [0.2, 0.25) is 0 Å². The number of hydrogen-bond donors (Lipinski definition) is 1. The van der Waals surface area contributed by atoms with E-state index in [0.29, 0.717) is 12.3 Å². The maximum absolute atomic E-state index is 11.3. The summed E-state index contributed by atoms with van der Waals surface area (Å²) >= 11 is 0. The minimum Gasteiger partial charge on any atom is -0.292 e. The van der Waals surface area contributed by atoms with E-state index in [2.05, 4.69) is 12.2 Å². The minimum atomic E-state index is -0.159. The van der Waals surface area contributed by atoms with Crippen LogP contribution in [-0.2, 0) is 9.59 Å². The van der Waals surface area contributed by atoms with Crippen molar-refractivity contribution >= 4 is 11.8 Å². The van der Waals surface area contributed by atoms with Crippen LogP contribution >= 0.6 is 0 Å². The fourth-order valence-electron chi connectivity index (χ4n) is 1.93. The van der Waals surface area contributed by atoms with Crippen molar-refractivity contribution in [3.05, 3.63) is 11.1 Å². The van der Waals surface area contributed by atoms with Crippen molar-refractivity contribution in [1.82, 2.24) is 5.32 Å². The molecule has 2 amide bonds. The van der Waals surface area contributed by atoms with Crippen LogP contribution in [0.5, 0.6) is 0 Å². The van der Waals surface area contributed by atoms with E-state index < -0.39 is 0 Å². The molecule has 1 heterocycles. The number of allylic oxidation sites excluding steroid dienone is 1. The largest absolute Gasteiger partial charge is 0.292 e. The van der Waals surface area contributed by atoms with Gasteiger partial charge in [0.25, 0.3) is 5.91 Å². The van der Waals surface area contributed by atoms with E-state index >= 15 is 0 Å². The zero-order valence-electron chi connectivity index (χ0n) is 7.72. The first-order valence-corrected chi connectivity index (χ1v) is 4.78. The fourth-order valence-corrected chi connectivity index (χ4v) is 1.93. The molecule has 1 aliphatic heterocycles. The highest BCUT2D eigenvalue weighted by Gasteiger charge is 2.33. The van der Waals surface area contributed by atoms with Gasteiger partial charge in [0, 0.05) is 5.57 Å². The highest BCUT2D eigenvalue weighted by molar-refractivity contribution is 6.13. The third-order valence-corrected chi connectivity index (χ3v) is 2.70. The average molecular weight is 179 g/mol. The van der Waals surface area contributed by atoms with Crippen LogP contribution in [-0.4, -0.2) is 11.8 Å². The van der Waals surface area contributed by atoms with Gasteiger partial charge in [-0.1, -0.05) is 12.5 Å². The lowest BCUT2D eigenvalue weighted by Crippen LogP contribution is -2.19. The Hall–Kier alpha value is -1.12. The number of carbonyl (C=O) groups is 2. The van der Waals surface area contributed by atoms with Gasteiger partial charge in [-0.3, -0.25) is 14.9 Å². The molecule has 1 saturated heterocycles. The zero-order valence-corrected chi connectivity index (χ0v) is 7.72. The molecule has 1 saturated carbocycles. The Morgan fingerprint density at radius 3 is 2.54 bits per heavy atom. The quantitative estimate of drug-likeness (QED) is 0.510. The number of carbonyl (C=O) groups excluding carboxylic acids is 2. The fraction of sp³-hybridized carbons (Fsp3) is 0.600. The lowest BCUT2D eigenvalue weighted by atomic mass is 10.00. The van der Waals surface area contributed by atoms with Crippen LogP contribution in [0.15, 0.2) is 11.1 Å². The van der Waals surface area contributed by atoms with Gasteiger partial charge in [0.1, 0.15) is 0 Å². The molecule has 3 heteroatoms. The van der Waals surface area contributed by atoms with Crippen molar-refractivity contribution in [3.63, 3.8) is 0 Å². The molecular formula is C10H13NO2. The van der Waals surface area contributed by atoms with Gasteiger partial charge in [0.2, 0.25) is 5.91 Å². The first kappa shape index (κ1) is 8.48. The van der Waals surface area contributed by atoms with E-state index in [1.165, 1.54) is 18.4 Å². The Morgan fingerprint density at radius 2 is 2.15 bits per heavy atom. The maximum Gasteiger partial charge on any atom is 0.254 e. The Morgan fingerprint density at radius 1 is 1.46 bits per heavy atom. The summed E-state index contributed by atoms with van der Waals surface area (Å²) in [6.07, 6.45) is 3.58. The molecule has 0 radical (unpaired) electrons. The molecule has 70 valence electrons. The summed E-state index contributed by atoms with van der Waals surface area (Å²) in [6.45, 7) is 2.05. The molecule has 0 aromatic carbocycles. The van der Waals surface area contributed by atoms with E-state index in [0.717, 1.165) is 12.0 Å². The summed E-state index contributed by atoms with van der Waals surface area (Å²) in [5, 5.41) is 2.33. The number of hydrogen-bond acceptors (Lipinski definition) is 2. The standard InChI is InChI=1S/C10H13NO2/c1-2-7(6-3-4-6)8-5-9(12)11-10(8)13/h6H,2-5H2,1H3,(H,11,12,13). The van der Waals surface area contributed by atoms with Crippen LogP contribution in [0.25, 0.3) is 0 Å². The van der Waals surface area contributed by atoms with Crippen LogP contribution in [0.4, 0.5) is 0 Å². The first-order chi connectivity index (χ1) is 6.22. The smallest absolute Gasteiger partial charge is 0.254 e. The van der Waals surface area contributed by atoms with Crippen LogP contribution in [0.3, 0.4) is 0 Å². The van der Waals surface area contributed by atoms with Gasteiger partial charge < -0.3 is 0 Å². The maximum atomic E-state index is 11.3. The van der Waals surface area contributed by atoms with Crippen LogP contribution < -0.4 is 5.32 Å². The molecule has 2 fully saturated rings. The Balaban J connectivity index is 2.28. The van der Waals surface area contributed by atoms with Crippen molar-refractivity contribution in [1.29, 1.82) is 0 Å². The monoisotopic (exact) mass is 179 g/mol. The molecule has 0 unspecified atom stereocenters. The molecule has 3 nitrogen and oxygen atoms in total. The van der Waals surface area contributed by atoms with Gasteiger partial charge in [0.05, 0.1) is 6.42 Å². The van der Waals surface area contributed by atoms with Gasteiger partial charge in [-0.05, 0) is 25.2 Å². The summed E-state index contributed by atoms with van der Waals surface area (Å²) in [5.41, 5.74) is 1.96. The molecule has 0 aromatic heterocycles. The highest BCUT2D eigenvalue weighted by Crippen LogP contribution is 2.40. The van der Waals surface area contributed by atoms with E-state index in [4.69, 9.17) is 0 Å². The molecule has 1 N–H and O–H groups in total. The molecule has 0 atom stereocenters. The molecule has 0 aromatic rings. The van der Waals surface area contributed by atoms with E-state index in [-0.39, 0.29) is 11.8 Å². The van der Waals surface area contributed by atoms with Gasteiger partial charge in [-0.25, -0.2) is 0 Å². The average Bonchev–Trinajstić information content (AvgIpc) is 2.82. The van der Waals surface area contributed by atoms with Crippen molar-refractivity contribution in [2.24, 2.45) is 5.92 Å². The molecule has 2 aliphatic rings. The lowest BCUT2D eigenvalue weighted by molar-refractivity contribution is -0.124. The van der Waals surface area contributed by atoms with E-state index in [9.17, 15) is 9.59 Å². The summed E-state index contributed by atoms with van der Waals surface area (Å²) < 4.78 is 0. The Bertz CT molecular complexity index is 300. The van der Waals surface area contributed by atoms with Gasteiger partial charge in [0.15, 0.2) is 0 Å². The molecular weight excluding hydrogens is 166 g/mol. The predicted molar refractivity (Wildman–Crippen MR) is 47.8 cm³/mol. The summed E-state index contributed by atoms with van der Waals surface area (Å²) in [7, 11) is 0. The topological polar surface area (TPSA) is 46.2 Å². The second-order valence-electron chi connectivity index (χ2n) is 3.69. The first-order valence-electron chi connectivity index (χ1n) is 4.78. The normalized spacial score (nSPS) is 26.2. The van der Waals surface area contributed by atoms with E-state index in [1.807, 2.05) is 0 Å². The van der Waals surface area contributed by atoms with Crippen molar-refractivity contribution < 1.29 is 9.59 Å². The highest BCUT2D eigenvalue weighted by atomic mass is 16.2. The molecule has 0 spiro atoms. The molecule has 0 bridgehead atoms. The molecule has 1 aliphatic carbocycles. The Labute approximate surface area is 77.2 Å². The van der Waals surface area contributed by atoms with Crippen molar-refractivity contribution in [2.75, 3.05) is 0 Å². The SMILES string of the molecule is CCC(=C1CC(=O)NC1=O)C1CC1. The zero-order chi connectivity index (χ0) is 9.42. The molecule has 2 rings (SSSR count). The summed E-state index contributed by atoms with van der Waals surface area (Å²) in [5.74, 6) is 0.289. The van der Waals surface area contributed by atoms with Gasteiger partial charge in [-0.2, -0.15) is 0 Å². The van der Waals surface area contributed by atoms with Crippen LogP contribution in [0.1, 0.15) is 32.6 Å². The van der Waals surface area contributed by atoms with Crippen LogP contribution in [0, 0.1) is 5.92 Å². The predicted octanol–water partition coefficient (Wildman–Crippen LogP) is 1.15. The van der Waals surface area contributed by atoms with Gasteiger partial charge in [-0.15, -0.1) is 0 Å². The van der Waals surface area contributed by atoms with Crippen molar-refractivity contribution in [3.8, 4) is 0 Å². The third kappa shape index (κ3) is 1.50.